The summed E-state index contributed by atoms with van der Waals surface area (Å²) in [4.78, 5) is 10.5. The van der Waals surface area contributed by atoms with E-state index < -0.39 is 0 Å². The summed E-state index contributed by atoms with van der Waals surface area (Å²) in [6, 6.07) is 4.02. The van der Waals surface area contributed by atoms with Crippen LogP contribution in [0.3, 0.4) is 0 Å². The summed E-state index contributed by atoms with van der Waals surface area (Å²) in [5.41, 5.74) is 2.12. The Labute approximate surface area is 107 Å². The number of oxazole rings is 1. The number of hydrogen-bond acceptors (Lipinski definition) is 5. The number of aromatic nitrogens is 2. The number of pyridine rings is 1. The summed E-state index contributed by atoms with van der Waals surface area (Å²) in [6.45, 7) is 3.37. The zero-order chi connectivity index (χ0) is 13.0. The first kappa shape index (κ1) is 12.6. The molecule has 2 aromatic rings. The second-order valence-electron chi connectivity index (χ2n) is 4.34. The van der Waals surface area contributed by atoms with Crippen molar-refractivity contribution < 1.29 is 4.42 Å². The fraction of sp³-hybridized carbons (Fsp3) is 0.385. The van der Waals surface area contributed by atoms with E-state index in [1.165, 1.54) is 12.0 Å². The molecule has 5 nitrogen and oxygen atoms in total. The summed E-state index contributed by atoms with van der Waals surface area (Å²) >= 11 is 0. The third-order valence-corrected chi connectivity index (χ3v) is 2.74. The molecule has 0 atom stereocenters. The van der Waals surface area contributed by atoms with E-state index in [1.54, 1.807) is 6.20 Å². The van der Waals surface area contributed by atoms with Gasteiger partial charge in [0, 0.05) is 38.9 Å². The van der Waals surface area contributed by atoms with Crippen molar-refractivity contribution in [2.75, 3.05) is 19.0 Å². The van der Waals surface area contributed by atoms with Crippen molar-refractivity contribution in [2.24, 2.45) is 0 Å². The fourth-order valence-corrected chi connectivity index (χ4v) is 1.78. The maximum atomic E-state index is 5.16. The van der Waals surface area contributed by atoms with Crippen LogP contribution in [0.5, 0.6) is 0 Å². The molecule has 0 saturated heterocycles. The second-order valence-corrected chi connectivity index (χ2v) is 4.34. The Morgan fingerprint density at radius 2 is 2.11 bits per heavy atom. The van der Waals surface area contributed by atoms with Crippen molar-refractivity contribution in [3.63, 3.8) is 0 Å². The highest BCUT2D eigenvalue weighted by Crippen LogP contribution is 2.14. The highest BCUT2D eigenvalue weighted by molar-refractivity contribution is 5.44. The normalized spacial score (nSPS) is 10.6. The van der Waals surface area contributed by atoms with Gasteiger partial charge in [-0.1, -0.05) is 6.07 Å². The Kier molecular flexibility index (Phi) is 3.94. The van der Waals surface area contributed by atoms with Crippen LogP contribution < -0.4 is 10.2 Å². The summed E-state index contributed by atoms with van der Waals surface area (Å²) < 4.78 is 5.16. The number of hydrogen-bond donors (Lipinski definition) is 1. The van der Waals surface area contributed by atoms with Gasteiger partial charge in [0.15, 0.2) is 6.39 Å². The first-order valence-corrected chi connectivity index (χ1v) is 5.89. The first-order valence-electron chi connectivity index (χ1n) is 5.89. The molecule has 0 aromatic carbocycles. The molecule has 0 bridgehead atoms. The maximum Gasteiger partial charge on any atom is 0.181 e. The molecule has 0 unspecified atom stereocenters. The minimum atomic E-state index is 0.699. The molecule has 0 spiro atoms. The van der Waals surface area contributed by atoms with Gasteiger partial charge in [-0.3, -0.25) is 0 Å². The van der Waals surface area contributed by atoms with Gasteiger partial charge in [0.05, 0.1) is 5.69 Å². The van der Waals surface area contributed by atoms with E-state index >= 15 is 0 Å². The fourth-order valence-electron chi connectivity index (χ4n) is 1.78. The Morgan fingerprint density at radius 1 is 1.28 bits per heavy atom. The molecule has 2 heterocycles. The van der Waals surface area contributed by atoms with E-state index in [-0.39, 0.29) is 0 Å². The largest absolute Gasteiger partial charge is 0.448 e. The van der Waals surface area contributed by atoms with Crippen LogP contribution in [0.4, 0.5) is 5.82 Å². The molecular weight excluding hydrogens is 228 g/mol. The first-order chi connectivity index (χ1) is 8.68. The average molecular weight is 246 g/mol. The summed E-state index contributed by atoms with van der Waals surface area (Å²) in [6.07, 6.45) is 3.28. The van der Waals surface area contributed by atoms with Crippen LogP contribution in [0.1, 0.15) is 17.0 Å². The van der Waals surface area contributed by atoms with Gasteiger partial charge >= 0.3 is 0 Å². The number of nitrogens with one attached hydrogen (secondary N) is 1. The molecule has 96 valence electrons. The topological polar surface area (TPSA) is 54.2 Å². The molecule has 0 aliphatic heterocycles. The average Bonchev–Trinajstić information content (AvgIpc) is 2.76. The molecule has 5 heteroatoms. The molecular formula is C13H18N4O. The Bertz CT molecular complexity index is 507. The molecule has 1 N–H and O–H groups in total. The van der Waals surface area contributed by atoms with Crippen LogP contribution in [0.15, 0.2) is 29.1 Å². The minimum Gasteiger partial charge on any atom is -0.448 e. The van der Waals surface area contributed by atoms with Crippen molar-refractivity contribution in [1.82, 2.24) is 15.3 Å². The molecule has 2 rings (SSSR count). The number of rotatable bonds is 5. The third kappa shape index (κ3) is 2.87. The minimum absolute atomic E-state index is 0.699. The number of aryl methyl sites for hydroxylation is 1. The quantitative estimate of drug-likeness (QED) is 0.870. The number of anilines is 1. The molecule has 0 radical (unpaired) electrons. The molecule has 0 fully saturated rings. The molecule has 0 aliphatic rings. The van der Waals surface area contributed by atoms with Crippen LogP contribution in [0.2, 0.25) is 0 Å². The summed E-state index contributed by atoms with van der Waals surface area (Å²) in [5, 5.41) is 3.35. The monoisotopic (exact) mass is 246 g/mol. The van der Waals surface area contributed by atoms with Gasteiger partial charge in [-0.25, -0.2) is 9.97 Å². The van der Waals surface area contributed by atoms with E-state index in [4.69, 9.17) is 4.42 Å². The van der Waals surface area contributed by atoms with Gasteiger partial charge in [0.2, 0.25) is 0 Å². The van der Waals surface area contributed by atoms with E-state index in [0.29, 0.717) is 6.54 Å². The Balaban J connectivity index is 1.96. The predicted molar refractivity (Wildman–Crippen MR) is 70.3 cm³/mol. The molecule has 0 aliphatic carbocycles. The van der Waals surface area contributed by atoms with Gasteiger partial charge in [-0.15, -0.1) is 0 Å². The maximum absolute atomic E-state index is 5.16. The zero-order valence-electron chi connectivity index (χ0n) is 11.0. The molecule has 18 heavy (non-hydrogen) atoms. The van der Waals surface area contributed by atoms with Crippen molar-refractivity contribution >= 4 is 5.82 Å². The lowest BCUT2D eigenvalue weighted by Crippen LogP contribution is -2.18. The van der Waals surface area contributed by atoms with Crippen LogP contribution in [-0.4, -0.2) is 24.1 Å². The standard InChI is InChI=1S/C13H18N4O/c1-10-12(16-9-18-10)8-14-7-11-5-4-6-15-13(11)17(2)3/h4-6,9,14H,7-8H2,1-3H3. The zero-order valence-corrected chi connectivity index (χ0v) is 11.0. The van der Waals surface area contributed by atoms with Gasteiger partial charge in [-0.2, -0.15) is 0 Å². The van der Waals surface area contributed by atoms with Crippen molar-refractivity contribution in [1.29, 1.82) is 0 Å². The van der Waals surface area contributed by atoms with E-state index in [9.17, 15) is 0 Å². The molecule has 2 aromatic heterocycles. The van der Waals surface area contributed by atoms with Crippen LogP contribution in [0, 0.1) is 6.92 Å². The van der Waals surface area contributed by atoms with Gasteiger partial charge < -0.3 is 14.6 Å². The van der Waals surface area contributed by atoms with E-state index in [0.717, 1.165) is 23.8 Å². The molecule has 0 amide bonds. The lowest BCUT2D eigenvalue weighted by molar-refractivity contribution is 0.522. The SMILES string of the molecule is Cc1ocnc1CNCc1cccnc1N(C)C. The van der Waals surface area contributed by atoms with E-state index in [2.05, 4.69) is 21.4 Å². The Morgan fingerprint density at radius 3 is 2.78 bits per heavy atom. The van der Waals surface area contributed by atoms with Gasteiger partial charge in [0.25, 0.3) is 0 Å². The summed E-state index contributed by atoms with van der Waals surface area (Å²) in [7, 11) is 3.99. The van der Waals surface area contributed by atoms with Gasteiger partial charge in [-0.05, 0) is 13.0 Å². The highest BCUT2D eigenvalue weighted by atomic mass is 16.3. The highest BCUT2D eigenvalue weighted by Gasteiger charge is 2.06. The van der Waals surface area contributed by atoms with Crippen molar-refractivity contribution in [3.05, 3.63) is 41.7 Å². The lowest BCUT2D eigenvalue weighted by atomic mass is 10.2. The van der Waals surface area contributed by atoms with Crippen LogP contribution >= 0.6 is 0 Å². The van der Waals surface area contributed by atoms with Crippen molar-refractivity contribution in [2.45, 2.75) is 20.0 Å². The summed E-state index contributed by atoms with van der Waals surface area (Å²) in [5.74, 6) is 1.85. The number of nitrogens with zero attached hydrogens (tertiary/aromatic N) is 3. The third-order valence-electron chi connectivity index (χ3n) is 2.74. The van der Waals surface area contributed by atoms with E-state index in [1.807, 2.05) is 32.0 Å². The second kappa shape index (κ2) is 5.64. The molecule has 0 saturated carbocycles. The van der Waals surface area contributed by atoms with Crippen LogP contribution in [0.25, 0.3) is 0 Å². The Hall–Kier alpha value is -1.88. The smallest absolute Gasteiger partial charge is 0.181 e. The van der Waals surface area contributed by atoms with Gasteiger partial charge in [0.1, 0.15) is 11.6 Å². The van der Waals surface area contributed by atoms with Crippen LogP contribution in [-0.2, 0) is 13.1 Å². The van der Waals surface area contributed by atoms with Crippen molar-refractivity contribution in [3.8, 4) is 0 Å². The predicted octanol–water partition coefficient (Wildman–Crippen LogP) is 1.73. The lowest BCUT2D eigenvalue weighted by Gasteiger charge is -2.15.